The van der Waals surface area contributed by atoms with Gasteiger partial charge in [0.25, 0.3) is 0 Å². The first-order chi connectivity index (χ1) is 5.75. The second kappa shape index (κ2) is 4.02. The molecule has 1 heterocycles. The van der Waals surface area contributed by atoms with Crippen molar-refractivity contribution in [2.75, 3.05) is 0 Å². The Kier molecular flexibility index (Phi) is 3.00. The SMILES string of the molecule is C=CC(C)C(N)c1ccccn1. The molecule has 0 spiro atoms. The molecular formula is C10H14N2. The second-order valence-corrected chi connectivity index (χ2v) is 2.88. The van der Waals surface area contributed by atoms with Crippen LogP contribution >= 0.6 is 0 Å². The quantitative estimate of drug-likeness (QED) is 0.689. The summed E-state index contributed by atoms with van der Waals surface area (Å²) in [6.45, 7) is 5.73. The van der Waals surface area contributed by atoms with Gasteiger partial charge in [-0.2, -0.15) is 0 Å². The van der Waals surface area contributed by atoms with Gasteiger partial charge in [-0.05, 0) is 18.1 Å². The van der Waals surface area contributed by atoms with Gasteiger partial charge in [0.05, 0.1) is 11.7 Å². The summed E-state index contributed by atoms with van der Waals surface area (Å²) in [5.74, 6) is 0.264. The molecule has 1 aromatic rings. The number of hydrogen-bond donors (Lipinski definition) is 1. The third kappa shape index (κ3) is 1.92. The summed E-state index contributed by atoms with van der Waals surface area (Å²) in [4.78, 5) is 4.17. The summed E-state index contributed by atoms with van der Waals surface area (Å²) >= 11 is 0. The van der Waals surface area contributed by atoms with Crippen molar-refractivity contribution >= 4 is 0 Å². The maximum absolute atomic E-state index is 5.92. The van der Waals surface area contributed by atoms with Crippen LogP contribution in [0.15, 0.2) is 37.1 Å². The van der Waals surface area contributed by atoms with Crippen molar-refractivity contribution in [2.24, 2.45) is 11.7 Å². The van der Waals surface area contributed by atoms with E-state index in [1.165, 1.54) is 0 Å². The average molecular weight is 162 g/mol. The van der Waals surface area contributed by atoms with Crippen LogP contribution in [-0.4, -0.2) is 4.98 Å². The van der Waals surface area contributed by atoms with Crippen molar-refractivity contribution in [3.05, 3.63) is 42.7 Å². The molecular weight excluding hydrogens is 148 g/mol. The van der Waals surface area contributed by atoms with E-state index in [0.29, 0.717) is 0 Å². The molecule has 0 aromatic carbocycles. The third-order valence-corrected chi connectivity index (χ3v) is 1.97. The maximum Gasteiger partial charge on any atom is 0.0576 e. The minimum atomic E-state index is -0.0382. The Morgan fingerprint density at radius 3 is 2.83 bits per heavy atom. The molecule has 1 rings (SSSR count). The second-order valence-electron chi connectivity index (χ2n) is 2.88. The number of pyridine rings is 1. The largest absolute Gasteiger partial charge is 0.322 e. The highest BCUT2D eigenvalue weighted by Crippen LogP contribution is 2.16. The van der Waals surface area contributed by atoms with Gasteiger partial charge in [-0.1, -0.05) is 19.1 Å². The lowest BCUT2D eigenvalue weighted by atomic mass is 10.00. The van der Waals surface area contributed by atoms with Gasteiger partial charge in [0, 0.05) is 6.20 Å². The first kappa shape index (κ1) is 8.94. The fourth-order valence-corrected chi connectivity index (χ4v) is 0.989. The molecule has 2 N–H and O–H groups in total. The fourth-order valence-electron chi connectivity index (χ4n) is 0.989. The van der Waals surface area contributed by atoms with E-state index in [9.17, 15) is 0 Å². The summed E-state index contributed by atoms with van der Waals surface area (Å²) in [6.07, 6.45) is 3.60. The minimum absolute atomic E-state index is 0.0382. The van der Waals surface area contributed by atoms with E-state index in [-0.39, 0.29) is 12.0 Å². The molecule has 1 aromatic heterocycles. The number of nitrogens with zero attached hydrogens (tertiary/aromatic N) is 1. The van der Waals surface area contributed by atoms with Crippen molar-refractivity contribution in [1.82, 2.24) is 4.98 Å². The van der Waals surface area contributed by atoms with E-state index in [1.54, 1.807) is 6.20 Å². The zero-order valence-corrected chi connectivity index (χ0v) is 7.27. The van der Waals surface area contributed by atoms with Crippen LogP contribution < -0.4 is 5.73 Å². The van der Waals surface area contributed by atoms with Gasteiger partial charge in [0.2, 0.25) is 0 Å². The predicted molar refractivity (Wildman–Crippen MR) is 50.5 cm³/mol. The van der Waals surface area contributed by atoms with Crippen molar-refractivity contribution < 1.29 is 0 Å². The molecule has 0 aliphatic rings. The van der Waals surface area contributed by atoms with Crippen LogP contribution in [0.25, 0.3) is 0 Å². The molecule has 0 fully saturated rings. The molecule has 2 atom stereocenters. The van der Waals surface area contributed by atoms with Gasteiger partial charge in [0.1, 0.15) is 0 Å². The number of rotatable bonds is 3. The first-order valence-electron chi connectivity index (χ1n) is 4.04. The molecule has 12 heavy (non-hydrogen) atoms. The lowest BCUT2D eigenvalue weighted by Crippen LogP contribution is -2.18. The normalized spacial score (nSPS) is 15.2. The van der Waals surface area contributed by atoms with Crippen LogP contribution in [0.1, 0.15) is 18.7 Å². The van der Waals surface area contributed by atoms with Crippen molar-refractivity contribution in [3.8, 4) is 0 Å². The zero-order chi connectivity index (χ0) is 8.97. The average Bonchev–Trinajstić information content (AvgIpc) is 2.17. The highest BCUT2D eigenvalue weighted by molar-refractivity contribution is 5.10. The highest BCUT2D eigenvalue weighted by Gasteiger charge is 2.11. The summed E-state index contributed by atoms with van der Waals surface area (Å²) in [5, 5.41) is 0. The Hall–Kier alpha value is -1.15. The molecule has 64 valence electrons. The van der Waals surface area contributed by atoms with Crippen molar-refractivity contribution in [3.63, 3.8) is 0 Å². The van der Waals surface area contributed by atoms with Crippen LogP contribution in [0.5, 0.6) is 0 Å². The lowest BCUT2D eigenvalue weighted by Gasteiger charge is -2.14. The summed E-state index contributed by atoms with van der Waals surface area (Å²) in [7, 11) is 0. The van der Waals surface area contributed by atoms with Gasteiger partial charge in [-0.3, -0.25) is 4.98 Å². The van der Waals surface area contributed by atoms with Crippen LogP contribution in [0.3, 0.4) is 0 Å². The summed E-state index contributed by atoms with van der Waals surface area (Å²) in [5.41, 5.74) is 6.84. The van der Waals surface area contributed by atoms with Crippen LogP contribution in [0.4, 0.5) is 0 Å². The number of nitrogens with two attached hydrogens (primary N) is 1. The molecule has 2 heteroatoms. The summed E-state index contributed by atoms with van der Waals surface area (Å²) in [6, 6.07) is 5.72. The zero-order valence-electron chi connectivity index (χ0n) is 7.27. The molecule has 0 saturated heterocycles. The monoisotopic (exact) mass is 162 g/mol. The summed E-state index contributed by atoms with van der Waals surface area (Å²) < 4.78 is 0. The van der Waals surface area contributed by atoms with Crippen LogP contribution in [-0.2, 0) is 0 Å². The van der Waals surface area contributed by atoms with Gasteiger partial charge < -0.3 is 5.73 Å². The van der Waals surface area contributed by atoms with Crippen LogP contribution in [0, 0.1) is 5.92 Å². The molecule has 0 radical (unpaired) electrons. The van der Waals surface area contributed by atoms with E-state index >= 15 is 0 Å². The third-order valence-electron chi connectivity index (χ3n) is 1.97. The number of hydrogen-bond acceptors (Lipinski definition) is 2. The molecule has 0 amide bonds. The predicted octanol–water partition coefficient (Wildman–Crippen LogP) is 1.90. The Labute approximate surface area is 73.1 Å². The first-order valence-corrected chi connectivity index (χ1v) is 4.04. The van der Waals surface area contributed by atoms with Crippen molar-refractivity contribution in [2.45, 2.75) is 13.0 Å². The molecule has 2 unspecified atom stereocenters. The topological polar surface area (TPSA) is 38.9 Å². The van der Waals surface area contributed by atoms with Gasteiger partial charge >= 0.3 is 0 Å². The van der Waals surface area contributed by atoms with E-state index in [2.05, 4.69) is 11.6 Å². The van der Waals surface area contributed by atoms with E-state index in [4.69, 9.17) is 5.73 Å². The fraction of sp³-hybridized carbons (Fsp3) is 0.300. The Morgan fingerprint density at radius 2 is 2.33 bits per heavy atom. The van der Waals surface area contributed by atoms with E-state index < -0.39 is 0 Å². The minimum Gasteiger partial charge on any atom is -0.322 e. The van der Waals surface area contributed by atoms with Crippen LogP contribution in [0.2, 0.25) is 0 Å². The van der Waals surface area contributed by atoms with Gasteiger partial charge in [-0.25, -0.2) is 0 Å². The molecule has 0 aliphatic heterocycles. The van der Waals surface area contributed by atoms with Gasteiger partial charge in [-0.15, -0.1) is 6.58 Å². The van der Waals surface area contributed by atoms with E-state index in [0.717, 1.165) is 5.69 Å². The Morgan fingerprint density at radius 1 is 1.58 bits per heavy atom. The highest BCUT2D eigenvalue weighted by atomic mass is 14.8. The maximum atomic E-state index is 5.92. The molecule has 0 aliphatic carbocycles. The molecule has 2 nitrogen and oxygen atoms in total. The van der Waals surface area contributed by atoms with Crippen molar-refractivity contribution in [1.29, 1.82) is 0 Å². The Balaban J connectivity index is 2.78. The van der Waals surface area contributed by atoms with Gasteiger partial charge in [0.15, 0.2) is 0 Å². The number of aromatic nitrogens is 1. The van der Waals surface area contributed by atoms with E-state index in [1.807, 2.05) is 31.2 Å². The smallest absolute Gasteiger partial charge is 0.0576 e. The Bertz CT molecular complexity index is 243. The molecule has 0 bridgehead atoms. The molecule has 0 saturated carbocycles. The lowest BCUT2D eigenvalue weighted by molar-refractivity contribution is 0.554. The standard InChI is InChI=1S/C10H14N2/c1-3-8(2)10(11)9-6-4-5-7-12-9/h3-8,10H,1,11H2,2H3.